The number of aromatic nitrogens is 6. The molecule has 21 heteroatoms. The second kappa shape index (κ2) is 36.6. The van der Waals surface area contributed by atoms with E-state index in [1.165, 1.54) is 54.3 Å². The van der Waals surface area contributed by atoms with Crippen LogP contribution in [0.5, 0.6) is 69.0 Å². The zero-order valence-electron chi connectivity index (χ0n) is 68.2. The van der Waals surface area contributed by atoms with Gasteiger partial charge in [-0.3, -0.25) is 4.70 Å². The molecule has 9 heterocycles. The number of hydrogen-bond acceptors (Lipinski definition) is 15. The number of fused-ring (bicyclic) bond motifs is 12. The van der Waals surface area contributed by atoms with Gasteiger partial charge in [0.15, 0.2) is 53.3 Å². The van der Waals surface area contributed by atoms with E-state index in [4.69, 9.17) is 59.7 Å². The monoisotopic (exact) mass is 1760 g/mol. The van der Waals surface area contributed by atoms with Crippen LogP contribution in [0.1, 0.15) is 27.7 Å². The van der Waals surface area contributed by atoms with Gasteiger partial charge in [0, 0.05) is 56.5 Å². The second-order valence-electron chi connectivity index (χ2n) is 31.0. The van der Waals surface area contributed by atoms with Crippen molar-refractivity contribution in [2.75, 3.05) is 13.2 Å². The first kappa shape index (κ1) is 85.0. The van der Waals surface area contributed by atoms with E-state index in [1.54, 1.807) is 6.07 Å². The van der Waals surface area contributed by atoms with E-state index in [0.717, 1.165) is 119 Å². The van der Waals surface area contributed by atoms with Crippen molar-refractivity contribution in [2.24, 2.45) is 0 Å². The van der Waals surface area contributed by atoms with Crippen LogP contribution in [0.4, 0.5) is 4.70 Å². The molecular weight excluding hydrogens is 1670 g/mol. The van der Waals surface area contributed by atoms with Crippen molar-refractivity contribution in [3.63, 3.8) is 0 Å². The Labute approximate surface area is 755 Å². The third-order valence-corrected chi connectivity index (χ3v) is 38.6. The van der Waals surface area contributed by atoms with Crippen LogP contribution in [0.3, 0.4) is 0 Å². The lowest BCUT2D eigenvalue weighted by Crippen LogP contribution is -2.78. The Hall–Kier alpha value is -14.8. The average molecular weight is 1760 g/mol. The molecule has 15 nitrogen and oxygen atoms in total. The molecule has 0 amide bonds. The van der Waals surface area contributed by atoms with Gasteiger partial charge in [-0.05, 0) is 138 Å². The Bertz CT molecular complexity index is 6900. The largest absolute Gasteiger partial charge is 0.492 e. The minimum Gasteiger partial charge on any atom is -0.458 e. The van der Waals surface area contributed by atoms with Crippen LogP contribution in [0, 0.1) is 0 Å². The summed E-state index contributed by atoms with van der Waals surface area (Å²) in [4.78, 5) is 27.9. The first-order valence-corrected chi connectivity index (χ1v) is 48.2. The highest BCUT2D eigenvalue weighted by atomic mass is 35.5. The Morgan fingerprint density at radius 2 is 0.504 bits per heavy atom. The minimum atomic E-state index is -2.89. The fraction of sp³-hybridized carbons (Fsp3) is 0.0556. The Kier molecular flexibility index (Phi) is 24.1. The number of ether oxygens (including phenoxy) is 7. The van der Waals surface area contributed by atoms with Gasteiger partial charge in [-0.2, -0.15) is 9.97 Å². The number of para-hydroxylation sites is 6. The van der Waals surface area contributed by atoms with E-state index < -0.39 is 31.3 Å². The highest BCUT2D eigenvalue weighted by molar-refractivity contribution is 7.23. The molecule has 2 N–H and O–H groups in total. The SMILES string of the molecule is C.C.C1CCOC1.Clc1nc(-c2ccccc2)nc(-c2ccccc2)n1.F.OB(O)c1ccc2c3c1Oc1ccccc1[Si]3(c1ccccc1)c1ccccc1O2.c1ccc(-c2nc(-c3ccccc3)nc(-c3ccc4c5c3Oc3ccccc3[Si]5(c3ccccc3)c3ccccc3O4)n2)cc1.c1ccc([Si]23c4ccccc4Oc4cccc(c42)Oc2ccccc23)cc1. The Balaban J connectivity index is 0.000000118. The van der Waals surface area contributed by atoms with Crippen molar-refractivity contribution >= 4 is 111 Å². The van der Waals surface area contributed by atoms with Crippen LogP contribution >= 0.6 is 11.6 Å². The third-order valence-electron chi connectivity index (χ3n) is 23.8. The molecule has 1 fully saturated rings. The van der Waals surface area contributed by atoms with Gasteiger partial charge < -0.3 is 43.2 Å². The average Bonchev–Trinajstić information content (AvgIpc) is 1.22. The standard InChI is InChI=1S/C39H25N3O2Si.C24H17BO4Si.C24H16O2Si.C15H10ClN3.C4H8O.2CH4.FH/c1-4-14-26(15-5-1)37-40-38(27-16-6-2-7-17-27)42-39(41-37)29-24-25-32-36-35(29)44-31-21-11-13-23-34(31)45(36,28-18-8-3-9-19-28)33-22-12-10-20-30(33)43-32;26-25(27)17-14-15-20-24-23(17)29-19-11-5-7-13-22(19)30(24,16-8-2-1-3-9-16)21-12-6-4-10-18(21)28-20;1-2-9-17(10-3-1)27-22-15-6-4-11-18(22)25-20-13-8-14-21(24(20)27)26-19-12-5-7-16-23(19)27;16-15-18-13(11-7-3-1-4-8-11)17-14(19-15)12-9-5-2-6-10-12;1-2-4-5-3-1;;;/h1-25H;1-15,26-27H;1-16H;1-10H;1-4H2;2*1H4;1H. The number of halogens is 2. The summed E-state index contributed by atoms with van der Waals surface area (Å²) in [5.41, 5.74) is 4.82. The van der Waals surface area contributed by atoms with Crippen LogP contribution in [0.25, 0.3) is 56.9 Å². The Morgan fingerprint density at radius 1 is 0.248 bits per heavy atom. The zero-order valence-corrected chi connectivity index (χ0v) is 72.0. The normalized spacial score (nSPS) is 15.1. The van der Waals surface area contributed by atoms with Gasteiger partial charge in [-0.1, -0.05) is 349 Å². The summed E-state index contributed by atoms with van der Waals surface area (Å²) >= 11 is 5.99. The highest BCUT2D eigenvalue weighted by Gasteiger charge is 2.57. The van der Waals surface area contributed by atoms with Crippen molar-refractivity contribution in [1.82, 2.24) is 29.9 Å². The molecule has 2 unspecified atom stereocenters. The smallest absolute Gasteiger partial charge is 0.458 e. The van der Waals surface area contributed by atoms with Crippen LogP contribution in [0.15, 0.2) is 400 Å². The molecule has 630 valence electrons. The predicted octanol–water partition coefficient (Wildman–Crippen LogP) is 16.8. The van der Waals surface area contributed by atoms with Crippen LogP contribution < -0.4 is 96.1 Å². The van der Waals surface area contributed by atoms with E-state index >= 15 is 0 Å². The third kappa shape index (κ3) is 15.1. The summed E-state index contributed by atoms with van der Waals surface area (Å²) in [6, 6.07) is 135. The van der Waals surface area contributed by atoms with Crippen LogP contribution in [-0.4, -0.2) is 84.5 Å². The molecule has 2 atom stereocenters. The number of rotatable bonds is 9. The predicted molar refractivity (Wildman–Crippen MR) is 522 cm³/mol. The molecular formula is C108H85BClFN6O9Si3. The van der Waals surface area contributed by atoms with E-state index in [1.807, 2.05) is 206 Å². The number of benzene rings is 16. The maximum Gasteiger partial charge on any atom is 0.492 e. The summed E-state index contributed by atoms with van der Waals surface area (Å²) in [6.45, 7) is 2.00. The summed E-state index contributed by atoms with van der Waals surface area (Å²) in [5.74, 6) is 12.7. The summed E-state index contributed by atoms with van der Waals surface area (Å²) in [7, 11) is -9.84. The van der Waals surface area contributed by atoms with Gasteiger partial charge in [0.2, 0.25) is 5.28 Å². The first-order valence-electron chi connectivity index (χ1n) is 41.9. The van der Waals surface area contributed by atoms with Gasteiger partial charge in [-0.15, -0.1) is 0 Å². The van der Waals surface area contributed by atoms with Crippen molar-refractivity contribution in [3.8, 4) is 126 Å². The summed E-state index contributed by atoms with van der Waals surface area (Å²) in [5, 5.41) is 34.7. The molecule has 7 aliphatic rings. The van der Waals surface area contributed by atoms with Crippen molar-refractivity contribution in [1.29, 1.82) is 0 Å². The van der Waals surface area contributed by atoms with Crippen molar-refractivity contribution in [2.45, 2.75) is 27.7 Å². The van der Waals surface area contributed by atoms with E-state index in [-0.39, 0.29) is 24.8 Å². The maximum atomic E-state index is 10.1. The van der Waals surface area contributed by atoms with E-state index in [9.17, 15) is 10.0 Å². The molecule has 1 saturated heterocycles. The van der Waals surface area contributed by atoms with Gasteiger partial charge in [0.05, 0.1) is 5.56 Å². The molecule has 7 aliphatic heterocycles. The fourth-order valence-electron chi connectivity index (χ4n) is 18.5. The second-order valence-corrected chi connectivity index (χ2v) is 42.3. The topological polar surface area (TPSA) is 182 Å². The summed E-state index contributed by atoms with van der Waals surface area (Å²) < 4.78 is 43.8. The van der Waals surface area contributed by atoms with Gasteiger partial charge in [0.25, 0.3) is 0 Å². The first-order chi connectivity index (χ1) is 62.2. The van der Waals surface area contributed by atoms with Gasteiger partial charge in [0.1, 0.15) is 69.0 Å². The lowest BCUT2D eigenvalue weighted by molar-refractivity contribution is 0.198. The Morgan fingerprint density at radius 3 is 0.829 bits per heavy atom. The lowest BCUT2D eigenvalue weighted by atomic mass is 9.79. The number of nitrogens with zero attached hydrogens (tertiary/aromatic N) is 6. The molecule has 0 radical (unpaired) electrons. The van der Waals surface area contributed by atoms with Gasteiger partial charge in [-0.25, -0.2) is 19.9 Å². The van der Waals surface area contributed by atoms with E-state index in [0.29, 0.717) is 46.1 Å². The molecule has 0 spiro atoms. The van der Waals surface area contributed by atoms with Crippen molar-refractivity contribution in [3.05, 3.63) is 406 Å². The molecule has 0 saturated carbocycles. The molecule has 2 aromatic heterocycles. The molecule has 25 rings (SSSR count). The lowest BCUT2D eigenvalue weighted by Gasteiger charge is -2.43. The van der Waals surface area contributed by atoms with E-state index in [2.05, 4.69) is 203 Å². The molecule has 18 aromatic rings. The van der Waals surface area contributed by atoms with Crippen LogP contribution in [0.2, 0.25) is 5.28 Å². The maximum absolute atomic E-state index is 10.1. The van der Waals surface area contributed by atoms with Crippen LogP contribution in [-0.2, 0) is 4.74 Å². The molecule has 16 aromatic carbocycles. The molecule has 0 bridgehead atoms. The molecule has 0 aliphatic carbocycles. The van der Waals surface area contributed by atoms with Crippen molar-refractivity contribution < 1.29 is 47.9 Å². The quantitative estimate of drug-likeness (QED) is 0.130. The number of hydrogen-bond donors (Lipinski definition) is 2. The summed E-state index contributed by atoms with van der Waals surface area (Å²) in [6.07, 6.45) is 2.56. The van der Waals surface area contributed by atoms with Gasteiger partial charge >= 0.3 is 7.12 Å². The minimum absolute atomic E-state index is 0. The fourth-order valence-corrected chi connectivity index (χ4v) is 34.1. The molecule has 129 heavy (non-hydrogen) atoms. The highest BCUT2D eigenvalue weighted by Crippen LogP contribution is 2.45. The zero-order chi connectivity index (χ0) is 84.6.